The number of nitrogens with one attached hydrogen (secondary N) is 2. The van der Waals surface area contributed by atoms with Crippen LogP contribution < -0.4 is 5.32 Å². The molecule has 1 aliphatic carbocycles. The summed E-state index contributed by atoms with van der Waals surface area (Å²) in [7, 11) is 0. The summed E-state index contributed by atoms with van der Waals surface area (Å²) in [6, 6.07) is 10.4. The van der Waals surface area contributed by atoms with Crippen LogP contribution in [0.5, 0.6) is 0 Å². The number of carbonyl (C=O) groups excluding carboxylic acids is 1. The molecule has 1 heterocycles. The van der Waals surface area contributed by atoms with Crippen LogP contribution in [0.15, 0.2) is 42.9 Å². The number of hydrogen-bond acceptors (Lipinski definition) is 2. The van der Waals surface area contributed by atoms with E-state index in [4.69, 9.17) is 0 Å². The van der Waals surface area contributed by atoms with E-state index < -0.39 is 0 Å². The van der Waals surface area contributed by atoms with Crippen LogP contribution >= 0.6 is 0 Å². The Hall–Kier alpha value is -2.10. The molecule has 3 rings (SSSR count). The van der Waals surface area contributed by atoms with Crippen molar-refractivity contribution in [3.8, 4) is 0 Å². The Balaban J connectivity index is 1.36. The Morgan fingerprint density at radius 2 is 2.20 bits per heavy atom. The Bertz CT molecular complexity index is 550. The van der Waals surface area contributed by atoms with Gasteiger partial charge in [0.05, 0.1) is 12.0 Å². The molecule has 20 heavy (non-hydrogen) atoms. The third-order valence-corrected chi connectivity index (χ3v) is 3.81. The van der Waals surface area contributed by atoms with Crippen LogP contribution in [0, 0.1) is 5.92 Å². The maximum Gasteiger partial charge on any atom is 0.223 e. The van der Waals surface area contributed by atoms with E-state index in [2.05, 4.69) is 27.4 Å². The van der Waals surface area contributed by atoms with Gasteiger partial charge in [0.1, 0.15) is 0 Å². The third-order valence-electron chi connectivity index (χ3n) is 3.81. The first-order valence-corrected chi connectivity index (χ1v) is 7.15. The zero-order valence-electron chi connectivity index (χ0n) is 11.4. The largest absolute Gasteiger partial charge is 0.356 e. The van der Waals surface area contributed by atoms with Crippen LogP contribution in [-0.4, -0.2) is 22.4 Å². The molecule has 1 aromatic carbocycles. The van der Waals surface area contributed by atoms with Crippen LogP contribution in [-0.2, 0) is 11.2 Å². The fourth-order valence-electron chi connectivity index (χ4n) is 2.57. The minimum absolute atomic E-state index is 0.120. The number of amides is 1. The standard InChI is InChI=1S/C16H19N3O/c20-16(14-9-13(14)15-10-17-11-19-15)18-8-4-7-12-5-2-1-3-6-12/h1-3,5-6,10-11,13-14H,4,7-9H2,(H,17,19)(H,18,20). The van der Waals surface area contributed by atoms with Crippen LogP contribution in [0.25, 0.3) is 0 Å². The zero-order valence-corrected chi connectivity index (χ0v) is 11.4. The summed E-state index contributed by atoms with van der Waals surface area (Å²) in [6.45, 7) is 0.748. The maximum absolute atomic E-state index is 12.0. The number of aromatic amines is 1. The minimum atomic E-state index is 0.120. The molecule has 0 bridgehead atoms. The SMILES string of the molecule is O=C(NCCCc1ccccc1)C1CC1c1c[nH]cn1. The maximum atomic E-state index is 12.0. The van der Waals surface area contributed by atoms with E-state index in [1.807, 2.05) is 24.4 Å². The van der Waals surface area contributed by atoms with E-state index >= 15 is 0 Å². The van der Waals surface area contributed by atoms with Crippen LogP contribution in [0.4, 0.5) is 0 Å². The van der Waals surface area contributed by atoms with Crippen molar-refractivity contribution in [2.45, 2.75) is 25.2 Å². The molecular weight excluding hydrogens is 250 g/mol. The van der Waals surface area contributed by atoms with Gasteiger partial charge in [0, 0.05) is 24.6 Å². The van der Waals surface area contributed by atoms with E-state index in [-0.39, 0.29) is 11.8 Å². The topological polar surface area (TPSA) is 57.8 Å². The molecule has 2 atom stereocenters. The Labute approximate surface area is 118 Å². The number of rotatable bonds is 6. The highest BCUT2D eigenvalue weighted by Crippen LogP contribution is 2.46. The molecule has 0 saturated heterocycles. The van der Waals surface area contributed by atoms with E-state index in [1.165, 1.54) is 5.56 Å². The van der Waals surface area contributed by atoms with Crippen LogP contribution in [0.3, 0.4) is 0 Å². The van der Waals surface area contributed by atoms with Gasteiger partial charge in [-0.25, -0.2) is 4.98 Å². The van der Waals surface area contributed by atoms with Crippen molar-refractivity contribution in [1.29, 1.82) is 0 Å². The normalized spacial score (nSPS) is 20.6. The molecule has 2 unspecified atom stereocenters. The molecule has 0 radical (unpaired) electrons. The molecule has 1 saturated carbocycles. The molecule has 1 aliphatic rings. The number of hydrogen-bond donors (Lipinski definition) is 2. The van der Waals surface area contributed by atoms with Crippen molar-refractivity contribution in [3.05, 3.63) is 54.1 Å². The first-order chi connectivity index (χ1) is 9.84. The lowest BCUT2D eigenvalue weighted by Crippen LogP contribution is -2.26. The van der Waals surface area contributed by atoms with E-state index in [9.17, 15) is 4.79 Å². The highest BCUT2D eigenvalue weighted by molar-refractivity contribution is 5.82. The van der Waals surface area contributed by atoms with Crippen LogP contribution in [0.1, 0.15) is 30.0 Å². The second-order valence-electron chi connectivity index (χ2n) is 5.32. The molecule has 2 N–H and O–H groups in total. The molecule has 0 aliphatic heterocycles. The minimum Gasteiger partial charge on any atom is -0.356 e. The van der Waals surface area contributed by atoms with Gasteiger partial charge in [0.2, 0.25) is 5.91 Å². The number of aromatic nitrogens is 2. The number of imidazole rings is 1. The highest BCUT2D eigenvalue weighted by Gasteiger charge is 2.44. The van der Waals surface area contributed by atoms with Crippen molar-refractivity contribution in [1.82, 2.24) is 15.3 Å². The average Bonchev–Trinajstić information content (AvgIpc) is 3.10. The Morgan fingerprint density at radius 3 is 2.95 bits per heavy atom. The predicted octanol–water partition coefficient (Wildman–Crippen LogP) is 2.26. The average molecular weight is 269 g/mol. The molecule has 1 aromatic heterocycles. The predicted molar refractivity (Wildman–Crippen MR) is 77.2 cm³/mol. The molecule has 0 spiro atoms. The van der Waals surface area contributed by atoms with Crippen LogP contribution in [0.2, 0.25) is 0 Å². The van der Waals surface area contributed by atoms with Gasteiger partial charge in [-0.15, -0.1) is 0 Å². The lowest BCUT2D eigenvalue weighted by Gasteiger charge is -2.04. The summed E-state index contributed by atoms with van der Waals surface area (Å²) in [5, 5.41) is 3.03. The smallest absolute Gasteiger partial charge is 0.223 e. The summed E-state index contributed by atoms with van der Waals surface area (Å²) in [5.74, 6) is 0.608. The lowest BCUT2D eigenvalue weighted by molar-refractivity contribution is -0.122. The van der Waals surface area contributed by atoms with Gasteiger partial charge >= 0.3 is 0 Å². The van der Waals surface area contributed by atoms with E-state index in [0.717, 1.165) is 31.5 Å². The molecule has 1 fully saturated rings. The van der Waals surface area contributed by atoms with Gasteiger partial charge in [-0.3, -0.25) is 4.79 Å². The van der Waals surface area contributed by atoms with Gasteiger partial charge in [-0.1, -0.05) is 30.3 Å². The van der Waals surface area contributed by atoms with Gasteiger partial charge in [-0.05, 0) is 24.8 Å². The second-order valence-corrected chi connectivity index (χ2v) is 5.32. The van der Waals surface area contributed by atoms with Crippen molar-refractivity contribution in [3.63, 3.8) is 0 Å². The second kappa shape index (κ2) is 5.90. The van der Waals surface area contributed by atoms with Crippen molar-refractivity contribution >= 4 is 5.91 Å². The third kappa shape index (κ3) is 3.07. The molecule has 2 aromatic rings. The number of H-pyrrole nitrogens is 1. The zero-order chi connectivity index (χ0) is 13.8. The molecular formula is C16H19N3O. The summed E-state index contributed by atoms with van der Waals surface area (Å²) in [6.07, 6.45) is 6.47. The van der Waals surface area contributed by atoms with E-state index in [1.54, 1.807) is 6.33 Å². The number of nitrogens with zero attached hydrogens (tertiary/aromatic N) is 1. The van der Waals surface area contributed by atoms with Crippen molar-refractivity contribution in [2.24, 2.45) is 5.92 Å². The van der Waals surface area contributed by atoms with Gasteiger partial charge < -0.3 is 10.3 Å². The van der Waals surface area contributed by atoms with E-state index in [0.29, 0.717) is 5.92 Å². The number of aryl methyl sites for hydroxylation is 1. The van der Waals surface area contributed by atoms with Crippen molar-refractivity contribution < 1.29 is 4.79 Å². The molecule has 104 valence electrons. The number of carbonyl (C=O) groups is 1. The van der Waals surface area contributed by atoms with Gasteiger partial charge in [0.15, 0.2) is 0 Å². The van der Waals surface area contributed by atoms with Gasteiger partial charge in [-0.2, -0.15) is 0 Å². The number of benzene rings is 1. The summed E-state index contributed by atoms with van der Waals surface area (Å²) >= 11 is 0. The monoisotopic (exact) mass is 269 g/mol. The Kier molecular flexibility index (Phi) is 3.81. The summed E-state index contributed by atoms with van der Waals surface area (Å²) < 4.78 is 0. The molecule has 1 amide bonds. The van der Waals surface area contributed by atoms with Gasteiger partial charge in [0.25, 0.3) is 0 Å². The first kappa shape index (κ1) is 12.9. The fourth-order valence-corrected chi connectivity index (χ4v) is 2.57. The van der Waals surface area contributed by atoms with Crippen molar-refractivity contribution in [2.75, 3.05) is 6.54 Å². The lowest BCUT2D eigenvalue weighted by atomic mass is 10.1. The highest BCUT2D eigenvalue weighted by atomic mass is 16.2. The molecule has 4 nitrogen and oxygen atoms in total. The fraction of sp³-hybridized carbons (Fsp3) is 0.375. The quantitative estimate of drug-likeness (QED) is 0.790. The Morgan fingerprint density at radius 1 is 1.35 bits per heavy atom. The first-order valence-electron chi connectivity index (χ1n) is 7.15. The summed E-state index contributed by atoms with van der Waals surface area (Å²) in [5.41, 5.74) is 2.33. The summed E-state index contributed by atoms with van der Waals surface area (Å²) in [4.78, 5) is 19.1. The molecule has 4 heteroatoms.